The summed E-state index contributed by atoms with van der Waals surface area (Å²) in [4.78, 5) is 11.4. The standard InChI is InChI=1S/C10H18O/c1-5-8-6-9(11)7(2)10(8,3)4/h7-8H,5-6H2,1-4H3. The predicted octanol–water partition coefficient (Wildman–Crippen LogP) is 2.65. The lowest BCUT2D eigenvalue weighted by molar-refractivity contribution is -0.121. The maximum atomic E-state index is 11.4. The number of hydrogen-bond donors (Lipinski definition) is 0. The molecule has 0 N–H and O–H groups in total. The van der Waals surface area contributed by atoms with Crippen LogP contribution in [0.1, 0.15) is 40.5 Å². The van der Waals surface area contributed by atoms with Gasteiger partial charge in [-0.1, -0.05) is 34.1 Å². The molecule has 0 bridgehead atoms. The SMILES string of the molecule is CCC1CC(=O)C(C)C1(C)C. The van der Waals surface area contributed by atoms with Crippen LogP contribution in [0.2, 0.25) is 0 Å². The van der Waals surface area contributed by atoms with Crippen LogP contribution in [0.3, 0.4) is 0 Å². The molecule has 1 nitrogen and oxygen atoms in total. The highest BCUT2D eigenvalue weighted by molar-refractivity contribution is 5.84. The Morgan fingerprint density at radius 2 is 2.09 bits per heavy atom. The molecule has 0 saturated heterocycles. The van der Waals surface area contributed by atoms with Crippen LogP contribution in [-0.2, 0) is 4.79 Å². The Labute approximate surface area is 69.2 Å². The summed E-state index contributed by atoms with van der Waals surface area (Å²) < 4.78 is 0. The monoisotopic (exact) mass is 154 g/mol. The van der Waals surface area contributed by atoms with Gasteiger partial charge in [0.1, 0.15) is 5.78 Å². The molecule has 0 spiro atoms. The fourth-order valence-electron chi connectivity index (χ4n) is 2.12. The highest BCUT2D eigenvalue weighted by Gasteiger charge is 2.44. The molecule has 0 radical (unpaired) electrons. The van der Waals surface area contributed by atoms with Gasteiger partial charge in [-0.05, 0) is 11.3 Å². The van der Waals surface area contributed by atoms with Crippen LogP contribution in [0.5, 0.6) is 0 Å². The van der Waals surface area contributed by atoms with E-state index in [4.69, 9.17) is 0 Å². The predicted molar refractivity (Wildman–Crippen MR) is 46.4 cm³/mol. The molecular weight excluding hydrogens is 136 g/mol. The zero-order chi connectivity index (χ0) is 8.65. The van der Waals surface area contributed by atoms with Crippen molar-refractivity contribution in [2.75, 3.05) is 0 Å². The first-order valence-corrected chi connectivity index (χ1v) is 4.52. The van der Waals surface area contributed by atoms with E-state index in [1.165, 1.54) is 0 Å². The number of carbonyl (C=O) groups excluding carboxylic acids is 1. The molecule has 1 heteroatoms. The van der Waals surface area contributed by atoms with Gasteiger partial charge < -0.3 is 0 Å². The van der Waals surface area contributed by atoms with Crippen molar-refractivity contribution in [2.24, 2.45) is 17.3 Å². The molecule has 0 amide bonds. The van der Waals surface area contributed by atoms with E-state index in [1.54, 1.807) is 0 Å². The van der Waals surface area contributed by atoms with Gasteiger partial charge in [-0.3, -0.25) is 4.79 Å². The van der Waals surface area contributed by atoms with Crippen LogP contribution in [0, 0.1) is 17.3 Å². The fourth-order valence-corrected chi connectivity index (χ4v) is 2.12. The second-order valence-electron chi connectivity index (χ2n) is 4.32. The third kappa shape index (κ3) is 1.21. The molecule has 2 unspecified atom stereocenters. The first-order valence-electron chi connectivity index (χ1n) is 4.52. The highest BCUT2D eigenvalue weighted by Crippen LogP contribution is 2.46. The van der Waals surface area contributed by atoms with Crippen molar-refractivity contribution in [3.05, 3.63) is 0 Å². The molecule has 0 aromatic heterocycles. The normalized spacial score (nSPS) is 36.2. The van der Waals surface area contributed by atoms with E-state index in [0.29, 0.717) is 11.7 Å². The van der Waals surface area contributed by atoms with Crippen molar-refractivity contribution in [2.45, 2.75) is 40.5 Å². The molecule has 2 atom stereocenters. The van der Waals surface area contributed by atoms with Crippen LogP contribution in [-0.4, -0.2) is 5.78 Å². The van der Waals surface area contributed by atoms with Gasteiger partial charge in [0.15, 0.2) is 0 Å². The largest absolute Gasteiger partial charge is 0.299 e. The van der Waals surface area contributed by atoms with E-state index in [9.17, 15) is 4.79 Å². The van der Waals surface area contributed by atoms with Crippen LogP contribution in [0.4, 0.5) is 0 Å². The summed E-state index contributed by atoms with van der Waals surface area (Å²) in [6.07, 6.45) is 1.95. The minimum absolute atomic E-state index is 0.242. The first-order chi connectivity index (χ1) is 5.00. The maximum Gasteiger partial charge on any atom is 0.136 e. The summed E-state index contributed by atoms with van der Waals surface area (Å²) in [5.41, 5.74) is 0.242. The van der Waals surface area contributed by atoms with E-state index in [0.717, 1.165) is 12.8 Å². The van der Waals surface area contributed by atoms with Gasteiger partial charge in [-0.2, -0.15) is 0 Å². The van der Waals surface area contributed by atoms with E-state index in [1.807, 2.05) is 0 Å². The van der Waals surface area contributed by atoms with Crippen molar-refractivity contribution in [1.82, 2.24) is 0 Å². The Balaban J connectivity index is 2.82. The third-order valence-corrected chi connectivity index (χ3v) is 3.59. The summed E-state index contributed by atoms with van der Waals surface area (Å²) in [5, 5.41) is 0. The molecule has 0 heterocycles. The van der Waals surface area contributed by atoms with Gasteiger partial charge in [0.2, 0.25) is 0 Å². The number of rotatable bonds is 1. The molecule has 0 aromatic carbocycles. The minimum atomic E-state index is 0.242. The first kappa shape index (κ1) is 8.76. The third-order valence-electron chi connectivity index (χ3n) is 3.59. The Morgan fingerprint density at radius 3 is 2.27 bits per heavy atom. The van der Waals surface area contributed by atoms with Crippen molar-refractivity contribution in [1.29, 1.82) is 0 Å². The van der Waals surface area contributed by atoms with Crippen molar-refractivity contribution in [3.8, 4) is 0 Å². The molecule has 1 rings (SSSR count). The summed E-state index contributed by atoms with van der Waals surface area (Å²) in [5.74, 6) is 1.35. The fraction of sp³-hybridized carbons (Fsp3) is 0.900. The summed E-state index contributed by atoms with van der Waals surface area (Å²) >= 11 is 0. The number of ketones is 1. The number of carbonyl (C=O) groups is 1. The zero-order valence-electron chi connectivity index (χ0n) is 7.98. The Kier molecular flexibility index (Phi) is 2.08. The molecule has 11 heavy (non-hydrogen) atoms. The van der Waals surface area contributed by atoms with Crippen molar-refractivity contribution >= 4 is 5.78 Å². The van der Waals surface area contributed by atoms with Gasteiger partial charge in [0.05, 0.1) is 0 Å². The minimum Gasteiger partial charge on any atom is -0.299 e. The average molecular weight is 154 g/mol. The van der Waals surface area contributed by atoms with Gasteiger partial charge >= 0.3 is 0 Å². The smallest absolute Gasteiger partial charge is 0.136 e. The van der Waals surface area contributed by atoms with Crippen molar-refractivity contribution < 1.29 is 4.79 Å². The Morgan fingerprint density at radius 1 is 1.55 bits per heavy atom. The molecule has 0 aliphatic heterocycles. The molecule has 64 valence electrons. The summed E-state index contributed by atoms with van der Waals surface area (Å²) in [6.45, 7) is 8.68. The van der Waals surface area contributed by atoms with Crippen LogP contribution < -0.4 is 0 Å². The zero-order valence-corrected chi connectivity index (χ0v) is 7.98. The lowest BCUT2D eigenvalue weighted by Crippen LogP contribution is -2.24. The van der Waals surface area contributed by atoms with Crippen LogP contribution >= 0.6 is 0 Å². The van der Waals surface area contributed by atoms with Gasteiger partial charge in [0.25, 0.3) is 0 Å². The van der Waals surface area contributed by atoms with E-state index in [2.05, 4.69) is 27.7 Å². The Bertz CT molecular complexity index is 170. The number of hydrogen-bond acceptors (Lipinski definition) is 1. The number of Topliss-reactive ketones (excluding diaryl/α,β-unsaturated/α-hetero) is 1. The average Bonchev–Trinajstić information content (AvgIpc) is 2.13. The quantitative estimate of drug-likeness (QED) is 0.567. The van der Waals surface area contributed by atoms with E-state index < -0.39 is 0 Å². The van der Waals surface area contributed by atoms with Gasteiger partial charge in [0, 0.05) is 12.3 Å². The lowest BCUT2D eigenvalue weighted by atomic mass is 9.75. The molecule has 1 aliphatic carbocycles. The maximum absolute atomic E-state index is 11.4. The van der Waals surface area contributed by atoms with E-state index >= 15 is 0 Å². The topological polar surface area (TPSA) is 17.1 Å². The van der Waals surface area contributed by atoms with Crippen molar-refractivity contribution in [3.63, 3.8) is 0 Å². The Hall–Kier alpha value is -0.330. The molecular formula is C10H18O. The molecule has 1 fully saturated rings. The molecule has 0 aromatic rings. The lowest BCUT2D eigenvalue weighted by Gasteiger charge is -2.29. The summed E-state index contributed by atoms with van der Waals surface area (Å²) in [7, 11) is 0. The highest BCUT2D eigenvalue weighted by atomic mass is 16.1. The molecule has 1 saturated carbocycles. The molecule has 1 aliphatic rings. The van der Waals surface area contributed by atoms with Crippen LogP contribution in [0.15, 0.2) is 0 Å². The second kappa shape index (κ2) is 2.62. The van der Waals surface area contributed by atoms with Gasteiger partial charge in [-0.25, -0.2) is 0 Å². The van der Waals surface area contributed by atoms with E-state index in [-0.39, 0.29) is 11.3 Å². The second-order valence-corrected chi connectivity index (χ2v) is 4.32. The summed E-state index contributed by atoms with van der Waals surface area (Å²) in [6, 6.07) is 0. The van der Waals surface area contributed by atoms with Crippen LogP contribution in [0.25, 0.3) is 0 Å². The van der Waals surface area contributed by atoms with Gasteiger partial charge in [-0.15, -0.1) is 0 Å².